The van der Waals surface area contributed by atoms with E-state index in [0.717, 1.165) is 42.2 Å². The molecule has 8 nitrogen and oxygen atoms in total. The van der Waals surface area contributed by atoms with E-state index in [1.54, 1.807) is 23.7 Å². The summed E-state index contributed by atoms with van der Waals surface area (Å²) in [6, 6.07) is 8.55. The zero-order chi connectivity index (χ0) is 20.9. The Morgan fingerprint density at radius 1 is 1.17 bits per heavy atom. The van der Waals surface area contributed by atoms with Gasteiger partial charge in [-0.2, -0.15) is 0 Å². The summed E-state index contributed by atoms with van der Waals surface area (Å²) in [6.07, 6.45) is 4.53. The predicted molar refractivity (Wildman–Crippen MR) is 116 cm³/mol. The number of primary amides is 1. The second kappa shape index (κ2) is 8.91. The number of nitrogens with zero attached hydrogens (tertiary/aromatic N) is 2. The van der Waals surface area contributed by atoms with Gasteiger partial charge in [0, 0.05) is 29.2 Å². The molecule has 1 aliphatic rings. The lowest BCUT2D eigenvalue weighted by molar-refractivity contribution is 0.0995. The van der Waals surface area contributed by atoms with E-state index in [0.29, 0.717) is 18.0 Å². The van der Waals surface area contributed by atoms with E-state index in [2.05, 4.69) is 20.6 Å². The average Bonchev–Trinajstić information content (AvgIpc) is 3.24. The third-order valence-electron chi connectivity index (χ3n) is 4.64. The van der Waals surface area contributed by atoms with E-state index < -0.39 is 5.91 Å². The van der Waals surface area contributed by atoms with E-state index in [1.165, 1.54) is 17.4 Å². The number of amides is 2. The molecule has 3 aromatic rings. The van der Waals surface area contributed by atoms with Crippen LogP contribution in [0.3, 0.4) is 0 Å². The van der Waals surface area contributed by atoms with E-state index in [1.807, 2.05) is 12.1 Å². The largest absolute Gasteiger partial charge is 0.491 e. The number of carbonyl (C=O) groups is 2. The van der Waals surface area contributed by atoms with Crippen LogP contribution in [0.25, 0.3) is 10.6 Å². The minimum absolute atomic E-state index is 0.279. The van der Waals surface area contributed by atoms with Crippen LogP contribution in [0, 0.1) is 0 Å². The third-order valence-corrected chi connectivity index (χ3v) is 5.53. The number of thiazole rings is 1. The van der Waals surface area contributed by atoms with E-state index in [4.69, 9.17) is 10.5 Å². The van der Waals surface area contributed by atoms with Gasteiger partial charge in [0.05, 0.1) is 12.3 Å². The molecule has 9 heteroatoms. The van der Waals surface area contributed by atoms with Crippen LogP contribution in [0.4, 0.5) is 11.5 Å². The maximum atomic E-state index is 12.8. The molecule has 0 atom stereocenters. The van der Waals surface area contributed by atoms with Gasteiger partial charge in [-0.05, 0) is 49.6 Å². The Morgan fingerprint density at radius 3 is 2.93 bits per heavy atom. The first-order valence-corrected chi connectivity index (χ1v) is 10.5. The van der Waals surface area contributed by atoms with Crippen molar-refractivity contribution in [3.8, 4) is 16.3 Å². The first-order chi connectivity index (χ1) is 14.6. The Bertz CT molecular complexity index is 1080. The third kappa shape index (κ3) is 4.57. The molecule has 0 radical (unpaired) electrons. The molecule has 0 fully saturated rings. The number of pyridine rings is 1. The highest BCUT2D eigenvalue weighted by Gasteiger charge is 2.16. The Balaban J connectivity index is 1.67. The summed E-state index contributed by atoms with van der Waals surface area (Å²) >= 11 is 1.37. The fraction of sp³-hybridized carbons (Fsp3) is 0.238. The normalized spacial score (nSPS) is 14.5. The van der Waals surface area contributed by atoms with Gasteiger partial charge in [-0.1, -0.05) is 0 Å². The number of hydrogen-bond acceptors (Lipinski definition) is 7. The number of fused-ring (bicyclic) bond motifs is 6. The highest BCUT2D eigenvalue weighted by atomic mass is 32.1. The molecule has 3 heterocycles. The number of anilines is 2. The first-order valence-electron chi connectivity index (χ1n) is 9.64. The molecule has 0 aliphatic carbocycles. The molecule has 4 bridgehead atoms. The SMILES string of the molecule is NC(=O)c1ccc2c(c1)NC(=O)c1csc(n1)-c1ccnc(c1)NCCCCCO2. The van der Waals surface area contributed by atoms with Crippen LogP contribution in [0.2, 0.25) is 0 Å². The fourth-order valence-electron chi connectivity index (χ4n) is 3.07. The van der Waals surface area contributed by atoms with Crippen molar-refractivity contribution in [1.29, 1.82) is 0 Å². The minimum atomic E-state index is -0.577. The van der Waals surface area contributed by atoms with Crippen LogP contribution in [0.1, 0.15) is 40.1 Å². The topological polar surface area (TPSA) is 119 Å². The Morgan fingerprint density at radius 2 is 2.07 bits per heavy atom. The van der Waals surface area contributed by atoms with Crippen molar-refractivity contribution in [2.45, 2.75) is 19.3 Å². The smallest absolute Gasteiger partial charge is 0.275 e. The standard InChI is InChI=1S/C21H21N5O3S/c22-19(27)13-4-5-17-15(10-13)25-20(28)16-12-30-21(26-16)14-6-8-24-18(11-14)23-7-2-1-3-9-29-17/h4-6,8,10-12H,1-3,7,9H2,(H2,22,27)(H,23,24)(H,25,28). The number of carbonyl (C=O) groups excluding carboxylic acids is 2. The van der Waals surface area contributed by atoms with Crippen LogP contribution in [-0.4, -0.2) is 34.9 Å². The molecule has 0 saturated heterocycles. The van der Waals surface area contributed by atoms with Gasteiger partial charge in [0.15, 0.2) is 0 Å². The van der Waals surface area contributed by atoms with Crippen molar-refractivity contribution in [2.75, 3.05) is 23.8 Å². The van der Waals surface area contributed by atoms with Crippen molar-refractivity contribution >= 4 is 34.7 Å². The van der Waals surface area contributed by atoms with Crippen LogP contribution in [-0.2, 0) is 0 Å². The van der Waals surface area contributed by atoms with Gasteiger partial charge in [-0.3, -0.25) is 9.59 Å². The van der Waals surface area contributed by atoms with Gasteiger partial charge in [0.25, 0.3) is 5.91 Å². The lowest BCUT2D eigenvalue weighted by Gasteiger charge is -2.13. The van der Waals surface area contributed by atoms with Gasteiger partial charge >= 0.3 is 0 Å². The quantitative estimate of drug-likeness (QED) is 0.551. The van der Waals surface area contributed by atoms with E-state index in [-0.39, 0.29) is 17.2 Å². The lowest BCUT2D eigenvalue weighted by Crippen LogP contribution is -2.16. The minimum Gasteiger partial charge on any atom is -0.491 e. The summed E-state index contributed by atoms with van der Waals surface area (Å²) < 4.78 is 5.85. The number of benzene rings is 1. The zero-order valence-electron chi connectivity index (χ0n) is 16.2. The summed E-state index contributed by atoms with van der Waals surface area (Å²) in [5, 5.41) is 8.54. The van der Waals surface area contributed by atoms with Gasteiger partial charge in [-0.25, -0.2) is 9.97 Å². The van der Waals surface area contributed by atoms with Crippen LogP contribution in [0.5, 0.6) is 5.75 Å². The van der Waals surface area contributed by atoms with Crippen LogP contribution >= 0.6 is 11.3 Å². The number of rotatable bonds is 1. The number of ether oxygens (including phenoxy) is 1. The molecule has 2 aromatic heterocycles. The van der Waals surface area contributed by atoms with Gasteiger partial charge in [-0.15, -0.1) is 11.3 Å². The monoisotopic (exact) mass is 423 g/mol. The van der Waals surface area contributed by atoms with E-state index >= 15 is 0 Å². The van der Waals surface area contributed by atoms with Crippen molar-refractivity contribution in [2.24, 2.45) is 5.73 Å². The summed E-state index contributed by atoms with van der Waals surface area (Å²) in [7, 11) is 0. The van der Waals surface area contributed by atoms with Gasteiger partial charge < -0.3 is 21.1 Å². The predicted octanol–water partition coefficient (Wildman–Crippen LogP) is 3.53. The molecule has 4 rings (SSSR count). The fourth-order valence-corrected chi connectivity index (χ4v) is 3.86. The lowest BCUT2D eigenvalue weighted by atomic mass is 10.1. The molecule has 0 unspecified atom stereocenters. The van der Waals surface area contributed by atoms with E-state index in [9.17, 15) is 9.59 Å². The number of hydrogen-bond donors (Lipinski definition) is 3. The Kier molecular flexibility index (Phi) is 5.89. The molecule has 1 aromatic carbocycles. The molecular formula is C21H21N5O3S. The highest BCUT2D eigenvalue weighted by molar-refractivity contribution is 7.13. The van der Waals surface area contributed by atoms with Crippen molar-refractivity contribution < 1.29 is 14.3 Å². The molecule has 154 valence electrons. The summed E-state index contributed by atoms with van der Waals surface area (Å²) in [5.41, 5.74) is 7.24. The molecule has 30 heavy (non-hydrogen) atoms. The summed E-state index contributed by atoms with van der Waals surface area (Å²) in [5.74, 6) is 0.302. The molecular weight excluding hydrogens is 402 g/mol. The molecule has 2 amide bonds. The van der Waals surface area contributed by atoms with Gasteiger partial charge in [0.1, 0.15) is 22.3 Å². The van der Waals surface area contributed by atoms with Crippen molar-refractivity contribution in [3.63, 3.8) is 0 Å². The van der Waals surface area contributed by atoms with Gasteiger partial charge in [0.2, 0.25) is 5.91 Å². The molecule has 4 N–H and O–H groups in total. The molecule has 1 aliphatic heterocycles. The Labute approximate surface area is 177 Å². The number of aromatic nitrogens is 2. The van der Waals surface area contributed by atoms with Crippen LogP contribution in [0.15, 0.2) is 41.9 Å². The zero-order valence-corrected chi connectivity index (χ0v) is 17.0. The highest BCUT2D eigenvalue weighted by Crippen LogP contribution is 2.29. The molecule has 0 saturated carbocycles. The maximum absolute atomic E-state index is 12.8. The number of nitrogens with one attached hydrogen (secondary N) is 2. The number of nitrogens with two attached hydrogens (primary N) is 1. The summed E-state index contributed by atoms with van der Waals surface area (Å²) in [6.45, 7) is 1.30. The molecule has 0 spiro atoms. The second-order valence-electron chi connectivity index (χ2n) is 6.83. The maximum Gasteiger partial charge on any atom is 0.275 e. The summed E-state index contributed by atoms with van der Waals surface area (Å²) in [4.78, 5) is 33.2. The second-order valence-corrected chi connectivity index (χ2v) is 7.69. The van der Waals surface area contributed by atoms with Crippen LogP contribution < -0.4 is 21.1 Å². The van der Waals surface area contributed by atoms with Crippen molar-refractivity contribution in [1.82, 2.24) is 9.97 Å². The van der Waals surface area contributed by atoms with Crippen molar-refractivity contribution in [3.05, 3.63) is 53.2 Å². The average molecular weight is 423 g/mol. The first kappa shape index (κ1) is 19.8. The Hall–Kier alpha value is -3.46.